The highest BCUT2D eigenvalue weighted by molar-refractivity contribution is 5.53. The molecule has 1 heterocycles. The van der Waals surface area contributed by atoms with Crippen molar-refractivity contribution in [3.8, 4) is 0 Å². The second-order valence-corrected chi connectivity index (χ2v) is 4.83. The molecule has 1 aromatic heterocycles. The molecule has 0 aliphatic carbocycles. The van der Waals surface area contributed by atoms with Gasteiger partial charge in [-0.15, -0.1) is 0 Å². The zero-order chi connectivity index (χ0) is 13.7. The van der Waals surface area contributed by atoms with Gasteiger partial charge in [0.25, 0.3) is 0 Å². The Morgan fingerprint density at radius 1 is 1.26 bits per heavy atom. The zero-order valence-electron chi connectivity index (χ0n) is 11.7. The van der Waals surface area contributed by atoms with E-state index >= 15 is 0 Å². The Balaban J connectivity index is 2.18. The summed E-state index contributed by atoms with van der Waals surface area (Å²) in [6, 6.07) is 10.5. The Morgan fingerprint density at radius 2 is 2.05 bits per heavy atom. The van der Waals surface area contributed by atoms with Crippen molar-refractivity contribution in [3.63, 3.8) is 0 Å². The van der Waals surface area contributed by atoms with E-state index in [0.717, 1.165) is 25.2 Å². The van der Waals surface area contributed by atoms with Crippen molar-refractivity contribution in [3.05, 3.63) is 47.8 Å². The van der Waals surface area contributed by atoms with Gasteiger partial charge in [0, 0.05) is 25.5 Å². The van der Waals surface area contributed by atoms with Crippen LogP contribution < -0.4 is 10.6 Å². The molecule has 0 radical (unpaired) electrons. The number of aromatic nitrogens is 2. The van der Waals surface area contributed by atoms with E-state index in [1.165, 1.54) is 11.3 Å². The molecule has 0 fully saturated rings. The van der Waals surface area contributed by atoms with E-state index in [0.29, 0.717) is 6.54 Å². The number of nitrogens with two attached hydrogens (primary N) is 1. The van der Waals surface area contributed by atoms with Gasteiger partial charge in [0.15, 0.2) is 0 Å². The molecule has 2 N–H and O–H groups in total. The van der Waals surface area contributed by atoms with Crippen LogP contribution in [-0.2, 0) is 13.6 Å². The Bertz CT molecular complexity index is 518. The molecule has 2 rings (SSSR count). The summed E-state index contributed by atoms with van der Waals surface area (Å²) in [6.45, 7) is 4.64. The van der Waals surface area contributed by atoms with Crippen LogP contribution in [0.2, 0.25) is 0 Å². The van der Waals surface area contributed by atoms with Crippen LogP contribution in [0.4, 0.5) is 5.69 Å². The summed E-state index contributed by atoms with van der Waals surface area (Å²) >= 11 is 0. The first-order chi connectivity index (χ1) is 9.20. The lowest BCUT2D eigenvalue weighted by molar-refractivity contribution is 0.695. The zero-order valence-corrected chi connectivity index (χ0v) is 11.7. The highest BCUT2D eigenvalue weighted by Crippen LogP contribution is 2.21. The number of hydrogen-bond acceptors (Lipinski definition) is 3. The molecule has 1 aromatic carbocycles. The van der Waals surface area contributed by atoms with E-state index in [9.17, 15) is 0 Å². The maximum atomic E-state index is 5.64. The summed E-state index contributed by atoms with van der Waals surface area (Å²) in [5.74, 6) is 0. The van der Waals surface area contributed by atoms with Crippen LogP contribution in [0, 0.1) is 6.92 Å². The molecule has 2 aromatic rings. The number of benzene rings is 1. The van der Waals surface area contributed by atoms with E-state index in [2.05, 4.69) is 47.3 Å². The Morgan fingerprint density at radius 3 is 2.68 bits per heavy atom. The average molecular weight is 258 g/mol. The molecule has 0 atom stereocenters. The van der Waals surface area contributed by atoms with Crippen LogP contribution in [0.15, 0.2) is 36.5 Å². The second-order valence-electron chi connectivity index (χ2n) is 4.83. The fraction of sp³-hybridized carbons (Fsp3) is 0.400. The van der Waals surface area contributed by atoms with Crippen molar-refractivity contribution < 1.29 is 0 Å². The molecule has 102 valence electrons. The van der Waals surface area contributed by atoms with Gasteiger partial charge in [-0.3, -0.25) is 4.68 Å². The molecule has 0 bridgehead atoms. The molecule has 0 aliphatic heterocycles. The van der Waals surface area contributed by atoms with Crippen LogP contribution in [0.25, 0.3) is 0 Å². The van der Waals surface area contributed by atoms with Crippen molar-refractivity contribution in [2.75, 3.05) is 18.0 Å². The van der Waals surface area contributed by atoms with Gasteiger partial charge >= 0.3 is 0 Å². The Labute approximate surface area is 114 Å². The molecule has 0 saturated carbocycles. The maximum Gasteiger partial charge on any atom is 0.0817 e. The molecule has 0 saturated heterocycles. The molecule has 0 spiro atoms. The summed E-state index contributed by atoms with van der Waals surface area (Å²) in [5, 5.41) is 4.46. The Kier molecular flexibility index (Phi) is 4.58. The van der Waals surface area contributed by atoms with E-state index in [4.69, 9.17) is 5.73 Å². The SMILES string of the molecule is Cc1ccccc1N(CCCN)Cc1ccn(C)n1. The number of nitrogens with zero attached hydrogens (tertiary/aromatic N) is 3. The molecule has 0 unspecified atom stereocenters. The minimum Gasteiger partial charge on any atom is -0.365 e. The van der Waals surface area contributed by atoms with Gasteiger partial charge in [0.1, 0.15) is 0 Å². The largest absolute Gasteiger partial charge is 0.365 e. The Hall–Kier alpha value is -1.81. The third kappa shape index (κ3) is 3.58. The van der Waals surface area contributed by atoms with Gasteiger partial charge < -0.3 is 10.6 Å². The van der Waals surface area contributed by atoms with Gasteiger partial charge in [0.2, 0.25) is 0 Å². The van der Waals surface area contributed by atoms with Crippen molar-refractivity contribution in [1.82, 2.24) is 9.78 Å². The summed E-state index contributed by atoms with van der Waals surface area (Å²) in [5.41, 5.74) is 9.28. The second kappa shape index (κ2) is 6.38. The fourth-order valence-electron chi connectivity index (χ4n) is 2.23. The smallest absolute Gasteiger partial charge is 0.0817 e. The molecule has 0 aliphatic rings. The van der Waals surface area contributed by atoms with Crippen LogP contribution >= 0.6 is 0 Å². The highest BCUT2D eigenvalue weighted by Gasteiger charge is 2.10. The van der Waals surface area contributed by atoms with E-state index in [1.54, 1.807) is 0 Å². The fourth-order valence-corrected chi connectivity index (χ4v) is 2.23. The number of para-hydroxylation sites is 1. The molecule has 4 heteroatoms. The number of aryl methyl sites for hydroxylation is 2. The topological polar surface area (TPSA) is 47.1 Å². The van der Waals surface area contributed by atoms with Crippen molar-refractivity contribution in [2.24, 2.45) is 12.8 Å². The standard InChI is InChI=1S/C15H22N4/c1-13-6-3-4-7-15(13)19(10-5-9-16)12-14-8-11-18(2)17-14/h3-4,6-8,11H,5,9-10,12,16H2,1-2H3. The minimum absolute atomic E-state index is 0.713. The van der Waals surface area contributed by atoms with E-state index in [-0.39, 0.29) is 0 Å². The van der Waals surface area contributed by atoms with Gasteiger partial charge in [0.05, 0.1) is 12.2 Å². The quantitative estimate of drug-likeness (QED) is 0.863. The maximum absolute atomic E-state index is 5.64. The van der Waals surface area contributed by atoms with Crippen molar-refractivity contribution in [1.29, 1.82) is 0 Å². The highest BCUT2D eigenvalue weighted by atomic mass is 15.3. The first-order valence-electron chi connectivity index (χ1n) is 6.70. The van der Waals surface area contributed by atoms with Crippen LogP contribution in [-0.4, -0.2) is 22.9 Å². The van der Waals surface area contributed by atoms with Crippen LogP contribution in [0.3, 0.4) is 0 Å². The third-order valence-corrected chi connectivity index (χ3v) is 3.21. The summed E-state index contributed by atoms with van der Waals surface area (Å²) in [4.78, 5) is 2.35. The number of hydrogen-bond donors (Lipinski definition) is 1. The van der Waals surface area contributed by atoms with Crippen molar-refractivity contribution >= 4 is 5.69 Å². The lowest BCUT2D eigenvalue weighted by Gasteiger charge is -2.25. The lowest BCUT2D eigenvalue weighted by Crippen LogP contribution is -2.26. The first kappa shape index (κ1) is 13.6. The first-order valence-corrected chi connectivity index (χ1v) is 6.70. The predicted octanol–water partition coefficient (Wildman–Crippen LogP) is 2.08. The average Bonchev–Trinajstić information content (AvgIpc) is 2.81. The van der Waals surface area contributed by atoms with Gasteiger partial charge in [-0.1, -0.05) is 18.2 Å². The van der Waals surface area contributed by atoms with E-state index in [1.807, 2.05) is 17.9 Å². The van der Waals surface area contributed by atoms with Gasteiger partial charge in [-0.2, -0.15) is 5.10 Å². The molecular weight excluding hydrogens is 236 g/mol. The number of rotatable bonds is 6. The summed E-state index contributed by atoms with van der Waals surface area (Å²) in [7, 11) is 1.95. The van der Waals surface area contributed by atoms with Crippen molar-refractivity contribution in [2.45, 2.75) is 19.9 Å². The summed E-state index contributed by atoms with van der Waals surface area (Å²) in [6.07, 6.45) is 2.97. The third-order valence-electron chi connectivity index (χ3n) is 3.21. The monoisotopic (exact) mass is 258 g/mol. The van der Waals surface area contributed by atoms with E-state index < -0.39 is 0 Å². The molecule has 0 amide bonds. The number of anilines is 1. The normalized spacial score (nSPS) is 10.7. The summed E-state index contributed by atoms with van der Waals surface area (Å²) < 4.78 is 1.84. The molecular formula is C15H22N4. The molecule has 4 nitrogen and oxygen atoms in total. The molecule has 19 heavy (non-hydrogen) atoms. The van der Waals surface area contributed by atoms with Crippen LogP contribution in [0.5, 0.6) is 0 Å². The minimum atomic E-state index is 0.713. The van der Waals surface area contributed by atoms with Crippen LogP contribution in [0.1, 0.15) is 17.7 Å². The lowest BCUT2D eigenvalue weighted by atomic mass is 10.1. The predicted molar refractivity (Wildman–Crippen MR) is 79.1 cm³/mol. The van der Waals surface area contributed by atoms with Gasteiger partial charge in [-0.25, -0.2) is 0 Å². The van der Waals surface area contributed by atoms with Gasteiger partial charge in [-0.05, 0) is 37.6 Å².